The zero-order valence-corrected chi connectivity index (χ0v) is 18.5. The van der Waals surface area contributed by atoms with Crippen molar-refractivity contribution >= 4 is 27.5 Å². The summed E-state index contributed by atoms with van der Waals surface area (Å²) in [5.74, 6) is -0.990. The van der Waals surface area contributed by atoms with Crippen molar-refractivity contribution in [3.8, 4) is 11.1 Å². The van der Waals surface area contributed by atoms with Gasteiger partial charge < -0.3 is 5.11 Å². The van der Waals surface area contributed by atoms with Gasteiger partial charge in [-0.3, -0.25) is 4.79 Å². The largest absolute Gasteiger partial charge is 0.481 e. The second kappa shape index (κ2) is 7.91. The fraction of sp³-hybridized carbons (Fsp3) is 0.440. The first-order valence-corrected chi connectivity index (χ1v) is 11.4. The van der Waals surface area contributed by atoms with E-state index < -0.39 is 11.9 Å². The Morgan fingerprint density at radius 3 is 2.48 bits per heavy atom. The summed E-state index contributed by atoms with van der Waals surface area (Å²) in [7, 11) is 0. The van der Waals surface area contributed by atoms with E-state index in [1.165, 1.54) is 34.2 Å². The van der Waals surface area contributed by atoms with Crippen LogP contribution in [0.15, 0.2) is 24.3 Å². The van der Waals surface area contributed by atoms with E-state index in [4.69, 9.17) is 4.98 Å². The first kappa shape index (κ1) is 20.1. The second-order valence-electron chi connectivity index (χ2n) is 8.76. The maximum atomic E-state index is 12.4. The van der Waals surface area contributed by atoms with Gasteiger partial charge in [-0.05, 0) is 74.1 Å². The molecule has 3 nitrogen and oxygen atoms in total. The Hall–Kier alpha value is -2.20. The monoisotopic (exact) mass is 407 g/mol. The van der Waals surface area contributed by atoms with Gasteiger partial charge in [0.25, 0.3) is 0 Å². The Morgan fingerprint density at radius 2 is 1.83 bits per heavy atom. The third-order valence-electron chi connectivity index (χ3n) is 6.03. The number of aromatic nitrogens is 1. The van der Waals surface area contributed by atoms with E-state index in [1.807, 2.05) is 18.3 Å². The van der Waals surface area contributed by atoms with Gasteiger partial charge in [0.2, 0.25) is 0 Å². The van der Waals surface area contributed by atoms with Gasteiger partial charge in [-0.15, -0.1) is 11.3 Å². The van der Waals surface area contributed by atoms with Gasteiger partial charge in [-0.25, -0.2) is 4.98 Å². The molecule has 0 saturated heterocycles. The third-order valence-corrected chi connectivity index (χ3v) is 7.21. The maximum absolute atomic E-state index is 12.4. The van der Waals surface area contributed by atoms with Crippen LogP contribution >= 0.6 is 11.3 Å². The molecule has 4 rings (SSSR count). The predicted octanol–water partition coefficient (Wildman–Crippen LogP) is 6.67. The van der Waals surface area contributed by atoms with Crippen molar-refractivity contribution < 1.29 is 9.90 Å². The average Bonchev–Trinajstić information content (AvgIpc) is 3.03. The third kappa shape index (κ3) is 3.71. The summed E-state index contributed by atoms with van der Waals surface area (Å²) in [6.45, 7) is 8.26. The summed E-state index contributed by atoms with van der Waals surface area (Å²) in [6.07, 6.45) is 5.24. The molecule has 3 aromatic rings. The van der Waals surface area contributed by atoms with Crippen molar-refractivity contribution in [3.05, 3.63) is 51.5 Å². The van der Waals surface area contributed by atoms with E-state index >= 15 is 0 Å². The smallest absolute Gasteiger partial charge is 0.311 e. The number of fused-ring (bicyclic) bond motifs is 3. The lowest BCUT2D eigenvalue weighted by molar-refractivity contribution is -0.139. The number of carboxylic acid groups (broad SMARTS) is 1. The second-order valence-corrected chi connectivity index (χ2v) is 9.85. The van der Waals surface area contributed by atoms with Crippen LogP contribution in [0.1, 0.15) is 66.3 Å². The number of benzene rings is 1. The summed E-state index contributed by atoms with van der Waals surface area (Å²) < 4.78 is 0. The molecule has 1 aromatic carbocycles. The topological polar surface area (TPSA) is 50.2 Å². The van der Waals surface area contributed by atoms with Crippen molar-refractivity contribution in [1.29, 1.82) is 0 Å². The molecule has 4 heteroatoms. The Bertz CT molecular complexity index is 1060. The van der Waals surface area contributed by atoms with E-state index in [9.17, 15) is 9.90 Å². The van der Waals surface area contributed by atoms with Crippen LogP contribution in [-0.4, -0.2) is 16.1 Å². The minimum atomic E-state index is -0.750. The Balaban J connectivity index is 2.08. The van der Waals surface area contributed by atoms with Crippen LogP contribution in [0.4, 0.5) is 0 Å². The molecular formula is C25H29NO2S. The zero-order chi connectivity index (χ0) is 20.7. The summed E-state index contributed by atoms with van der Waals surface area (Å²) in [5, 5.41) is 11.4. The molecule has 2 heterocycles. The number of rotatable bonds is 5. The minimum absolute atomic E-state index is 0.299. The lowest BCUT2D eigenvalue weighted by atomic mass is 9.82. The van der Waals surface area contributed by atoms with E-state index in [1.54, 1.807) is 0 Å². The number of aryl methyl sites for hydroxylation is 4. The number of nitrogens with zero attached hydrogens (tertiary/aromatic N) is 1. The highest BCUT2D eigenvalue weighted by Crippen LogP contribution is 2.45. The van der Waals surface area contributed by atoms with Crippen LogP contribution in [-0.2, 0) is 17.6 Å². The van der Waals surface area contributed by atoms with Gasteiger partial charge in [-0.2, -0.15) is 0 Å². The van der Waals surface area contributed by atoms with Crippen LogP contribution in [0, 0.1) is 19.8 Å². The van der Waals surface area contributed by atoms with E-state index in [2.05, 4.69) is 45.0 Å². The number of carboxylic acids is 1. The molecule has 0 saturated carbocycles. The normalized spacial score (nSPS) is 14.9. The van der Waals surface area contributed by atoms with E-state index in [0.717, 1.165) is 40.1 Å². The first-order chi connectivity index (χ1) is 13.9. The molecular weight excluding hydrogens is 378 g/mol. The lowest BCUT2D eigenvalue weighted by Gasteiger charge is -2.22. The number of aliphatic carboxylic acids is 1. The van der Waals surface area contributed by atoms with Crippen LogP contribution in [0.3, 0.4) is 0 Å². The number of carbonyl (C=O) groups is 1. The van der Waals surface area contributed by atoms with Crippen LogP contribution in [0.2, 0.25) is 0 Å². The van der Waals surface area contributed by atoms with Crippen molar-refractivity contribution in [2.75, 3.05) is 0 Å². The van der Waals surface area contributed by atoms with Gasteiger partial charge in [0.15, 0.2) is 0 Å². The zero-order valence-electron chi connectivity index (χ0n) is 17.7. The molecule has 1 atom stereocenters. The molecule has 0 amide bonds. The Labute approximate surface area is 176 Å². The highest BCUT2D eigenvalue weighted by Gasteiger charge is 2.30. The minimum Gasteiger partial charge on any atom is -0.481 e. The van der Waals surface area contributed by atoms with Crippen molar-refractivity contribution in [2.24, 2.45) is 5.92 Å². The Kier molecular flexibility index (Phi) is 5.48. The van der Waals surface area contributed by atoms with Gasteiger partial charge >= 0.3 is 5.97 Å². The fourth-order valence-corrected chi connectivity index (χ4v) is 5.99. The molecule has 0 fully saturated rings. The van der Waals surface area contributed by atoms with Crippen LogP contribution in [0.5, 0.6) is 0 Å². The van der Waals surface area contributed by atoms with Crippen molar-refractivity contribution in [1.82, 2.24) is 4.98 Å². The number of pyridine rings is 1. The van der Waals surface area contributed by atoms with E-state index in [0.29, 0.717) is 12.3 Å². The molecule has 0 spiro atoms. The van der Waals surface area contributed by atoms with Crippen LogP contribution in [0.25, 0.3) is 21.3 Å². The number of hydrogen-bond donors (Lipinski definition) is 1. The molecule has 0 bridgehead atoms. The van der Waals surface area contributed by atoms with Gasteiger partial charge in [0.05, 0.1) is 5.92 Å². The van der Waals surface area contributed by atoms with Crippen molar-refractivity contribution in [3.63, 3.8) is 0 Å². The molecule has 1 N–H and O–H groups in total. The lowest BCUT2D eigenvalue weighted by Crippen LogP contribution is -2.17. The molecule has 1 aliphatic carbocycles. The molecule has 152 valence electrons. The highest BCUT2D eigenvalue weighted by molar-refractivity contribution is 7.19. The molecule has 0 radical (unpaired) electrons. The molecule has 2 aromatic heterocycles. The van der Waals surface area contributed by atoms with Crippen molar-refractivity contribution in [2.45, 2.75) is 65.7 Å². The molecule has 0 aliphatic heterocycles. The summed E-state index contributed by atoms with van der Waals surface area (Å²) >= 11 is 1.81. The van der Waals surface area contributed by atoms with E-state index in [-0.39, 0.29) is 0 Å². The molecule has 1 aliphatic rings. The predicted molar refractivity (Wildman–Crippen MR) is 121 cm³/mol. The SMILES string of the molecule is Cc1ccc(-c2c(C(CC(C)C)C(=O)O)c(C)nc3sc4c(c23)CCCC4)cc1. The average molecular weight is 408 g/mol. The summed E-state index contributed by atoms with van der Waals surface area (Å²) in [6, 6.07) is 8.54. The Morgan fingerprint density at radius 1 is 1.14 bits per heavy atom. The first-order valence-electron chi connectivity index (χ1n) is 10.6. The fourth-order valence-electron chi connectivity index (χ4n) is 4.68. The van der Waals surface area contributed by atoms with Crippen LogP contribution < -0.4 is 0 Å². The maximum Gasteiger partial charge on any atom is 0.311 e. The summed E-state index contributed by atoms with van der Waals surface area (Å²) in [5.41, 5.74) is 6.62. The molecule has 29 heavy (non-hydrogen) atoms. The molecule has 1 unspecified atom stereocenters. The number of hydrogen-bond acceptors (Lipinski definition) is 3. The highest BCUT2D eigenvalue weighted by atomic mass is 32.1. The quantitative estimate of drug-likeness (QED) is 0.513. The van der Waals surface area contributed by atoms with Gasteiger partial charge in [0.1, 0.15) is 4.83 Å². The summed E-state index contributed by atoms with van der Waals surface area (Å²) in [4.78, 5) is 19.8. The number of thiophene rings is 1. The van der Waals surface area contributed by atoms with Gasteiger partial charge in [0, 0.05) is 16.0 Å². The standard InChI is InChI=1S/C25H29NO2S/c1-14(2)13-19(25(27)28)21-16(4)26-24-23(18-7-5-6-8-20(18)29-24)22(21)17-11-9-15(3)10-12-17/h9-12,14,19H,5-8,13H2,1-4H3,(H,27,28). The van der Waals surface area contributed by atoms with Gasteiger partial charge in [-0.1, -0.05) is 43.7 Å².